The van der Waals surface area contributed by atoms with Crippen molar-refractivity contribution >= 4 is 21.6 Å². The molecule has 0 bridgehead atoms. The zero-order valence-corrected chi connectivity index (χ0v) is 11.8. The molecule has 1 N–H and O–H groups in total. The molecular weight excluding hydrogens is 278 g/mol. The van der Waals surface area contributed by atoms with Crippen molar-refractivity contribution in [2.45, 2.75) is 26.8 Å². The summed E-state index contributed by atoms with van der Waals surface area (Å²) in [5, 5.41) is 3.42. The molecule has 3 heteroatoms. The smallest absolute Gasteiger partial charge is 0.126 e. The molecule has 0 radical (unpaired) electrons. The van der Waals surface area contributed by atoms with Crippen molar-refractivity contribution in [2.75, 3.05) is 5.32 Å². The lowest BCUT2D eigenvalue weighted by Crippen LogP contribution is -2.05. The highest BCUT2D eigenvalue weighted by Crippen LogP contribution is 2.25. The quantitative estimate of drug-likeness (QED) is 0.877. The van der Waals surface area contributed by atoms with Gasteiger partial charge >= 0.3 is 0 Å². The highest BCUT2D eigenvalue weighted by atomic mass is 79.9. The minimum Gasteiger partial charge on any atom is -0.464 e. The van der Waals surface area contributed by atoms with Crippen LogP contribution in [0.2, 0.25) is 0 Å². The van der Waals surface area contributed by atoms with Crippen molar-refractivity contribution in [2.24, 2.45) is 0 Å². The number of anilines is 1. The number of hydrogen-bond acceptors (Lipinski definition) is 2. The summed E-state index contributed by atoms with van der Waals surface area (Å²) in [6, 6.07) is 10.4. The summed E-state index contributed by atoms with van der Waals surface area (Å²) in [7, 11) is 0. The highest BCUT2D eigenvalue weighted by Gasteiger charge is 2.09. The molecule has 1 atom stereocenters. The first kappa shape index (κ1) is 12.2. The molecule has 90 valence electrons. The number of furan rings is 1. The molecule has 1 aromatic heterocycles. The highest BCUT2D eigenvalue weighted by molar-refractivity contribution is 9.10. The Hall–Kier alpha value is -1.22. The van der Waals surface area contributed by atoms with Crippen LogP contribution in [0.15, 0.2) is 39.2 Å². The van der Waals surface area contributed by atoms with Crippen LogP contribution in [0.1, 0.15) is 30.0 Å². The van der Waals surface area contributed by atoms with Crippen molar-refractivity contribution in [3.8, 4) is 0 Å². The second-order valence-electron chi connectivity index (χ2n) is 4.28. The van der Waals surface area contributed by atoms with Gasteiger partial charge in [-0.15, -0.1) is 0 Å². The first-order valence-electron chi connectivity index (χ1n) is 5.65. The zero-order chi connectivity index (χ0) is 12.4. The second-order valence-corrected chi connectivity index (χ2v) is 5.13. The van der Waals surface area contributed by atoms with Crippen molar-refractivity contribution in [3.63, 3.8) is 0 Å². The number of hydrogen-bond donors (Lipinski definition) is 1. The van der Waals surface area contributed by atoms with Gasteiger partial charge in [-0.2, -0.15) is 0 Å². The average Bonchev–Trinajstić information content (AvgIpc) is 2.70. The first-order valence-corrected chi connectivity index (χ1v) is 6.44. The van der Waals surface area contributed by atoms with E-state index in [1.807, 2.05) is 19.1 Å². The van der Waals surface area contributed by atoms with Crippen LogP contribution in [0.4, 0.5) is 5.69 Å². The molecule has 2 nitrogen and oxygen atoms in total. The van der Waals surface area contributed by atoms with Crippen LogP contribution in [-0.2, 0) is 0 Å². The first-order chi connectivity index (χ1) is 8.06. The van der Waals surface area contributed by atoms with Crippen LogP contribution >= 0.6 is 15.9 Å². The molecular formula is C14H16BrNO. The molecule has 2 rings (SSSR count). The molecule has 0 fully saturated rings. The topological polar surface area (TPSA) is 25.2 Å². The molecule has 0 aliphatic rings. The molecule has 0 saturated carbocycles. The van der Waals surface area contributed by atoms with Gasteiger partial charge in [0.2, 0.25) is 0 Å². The Balaban J connectivity index is 2.12. The van der Waals surface area contributed by atoms with Gasteiger partial charge < -0.3 is 9.73 Å². The Morgan fingerprint density at radius 2 is 1.94 bits per heavy atom. The number of aryl methyl sites for hydroxylation is 2. The molecule has 0 saturated heterocycles. The van der Waals surface area contributed by atoms with E-state index in [2.05, 4.69) is 53.3 Å². The fourth-order valence-electron chi connectivity index (χ4n) is 1.69. The summed E-state index contributed by atoms with van der Waals surface area (Å²) >= 11 is 3.53. The Labute approximate surface area is 110 Å². The third kappa shape index (κ3) is 2.91. The predicted octanol–water partition coefficient (Wildman–Crippen LogP) is 4.83. The van der Waals surface area contributed by atoms with E-state index in [1.165, 1.54) is 5.56 Å². The number of rotatable bonds is 3. The van der Waals surface area contributed by atoms with E-state index in [0.717, 1.165) is 21.7 Å². The lowest BCUT2D eigenvalue weighted by atomic mass is 10.2. The Bertz CT molecular complexity index is 519. The molecule has 1 unspecified atom stereocenters. The lowest BCUT2D eigenvalue weighted by Gasteiger charge is -2.13. The Kier molecular flexibility index (Phi) is 3.57. The summed E-state index contributed by atoms with van der Waals surface area (Å²) in [5.74, 6) is 1.90. The van der Waals surface area contributed by atoms with Crippen LogP contribution < -0.4 is 5.32 Å². The third-order valence-electron chi connectivity index (χ3n) is 2.74. The SMILES string of the molecule is Cc1ccc(C(C)Nc2ccc(C)c(Br)c2)o1. The molecule has 1 aromatic carbocycles. The summed E-state index contributed by atoms with van der Waals surface area (Å²) in [6.07, 6.45) is 0. The third-order valence-corrected chi connectivity index (χ3v) is 3.60. The molecule has 0 spiro atoms. The maximum absolute atomic E-state index is 5.60. The zero-order valence-electron chi connectivity index (χ0n) is 10.3. The minimum absolute atomic E-state index is 0.165. The van der Waals surface area contributed by atoms with Gasteiger partial charge in [-0.05, 0) is 50.6 Å². The van der Waals surface area contributed by atoms with Gasteiger partial charge in [0.15, 0.2) is 0 Å². The van der Waals surface area contributed by atoms with Crippen LogP contribution in [0, 0.1) is 13.8 Å². The van der Waals surface area contributed by atoms with Crippen LogP contribution in [0.5, 0.6) is 0 Å². The maximum atomic E-state index is 5.60. The summed E-state index contributed by atoms with van der Waals surface area (Å²) in [6.45, 7) is 6.12. The van der Waals surface area contributed by atoms with E-state index in [4.69, 9.17) is 4.42 Å². The Morgan fingerprint density at radius 1 is 1.18 bits per heavy atom. The number of benzene rings is 1. The molecule has 1 heterocycles. The average molecular weight is 294 g/mol. The van der Waals surface area contributed by atoms with E-state index in [0.29, 0.717) is 0 Å². The van der Waals surface area contributed by atoms with Gasteiger partial charge in [0.1, 0.15) is 11.5 Å². The van der Waals surface area contributed by atoms with E-state index in [-0.39, 0.29) is 6.04 Å². The van der Waals surface area contributed by atoms with E-state index < -0.39 is 0 Å². The van der Waals surface area contributed by atoms with E-state index >= 15 is 0 Å². The minimum atomic E-state index is 0.165. The van der Waals surface area contributed by atoms with Gasteiger partial charge in [0.05, 0.1) is 6.04 Å². The van der Waals surface area contributed by atoms with Gasteiger partial charge in [-0.1, -0.05) is 22.0 Å². The van der Waals surface area contributed by atoms with Gasteiger partial charge in [-0.25, -0.2) is 0 Å². The molecule has 0 amide bonds. The summed E-state index contributed by atoms with van der Waals surface area (Å²) < 4.78 is 6.71. The monoisotopic (exact) mass is 293 g/mol. The van der Waals surface area contributed by atoms with Crippen LogP contribution in [0.3, 0.4) is 0 Å². The fraction of sp³-hybridized carbons (Fsp3) is 0.286. The largest absolute Gasteiger partial charge is 0.464 e. The molecule has 2 aromatic rings. The normalized spacial score (nSPS) is 12.5. The van der Waals surface area contributed by atoms with E-state index in [9.17, 15) is 0 Å². The van der Waals surface area contributed by atoms with Crippen LogP contribution in [0.25, 0.3) is 0 Å². The molecule has 0 aliphatic heterocycles. The molecule has 17 heavy (non-hydrogen) atoms. The van der Waals surface area contributed by atoms with Crippen molar-refractivity contribution < 1.29 is 4.42 Å². The summed E-state index contributed by atoms with van der Waals surface area (Å²) in [5.41, 5.74) is 2.32. The number of nitrogens with one attached hydrogen (secondary N) is 1. The van der Waals surface area contributed by atoms with E-state index in [1.54, 1.807) is 0 Å². The summed E-state index contributed by atoms with van der Waals surface area (Å²) in [4.78, 5) is 0. The maximum Gasteiger partial charge on any atom is 0.126 e. The fourth-order valence-corrected chi connectivity index (χ4v) is 2.07. The second kappa shape index (κ2) is 4.96. The van der Waals surface area contributed by atoms with Crippen molar-refractivity contribution in [3.05, 3.63) is 51.9 Å². The van der Waals surface area contributed by atoms with Crippen molar-refractivity contribution in [1.29, 1.82) is 0 Å². The lowest BCUT2D eigenvalue weighted by molar-refractivity contribution is 0.467. The Morgan fingerprint density at radius 3 is 2.53 bits per heavy atom. The number of halogens is 1. The van der Waals surface area contributed by atoms with Crippen LogP contribution in [-0.4, -0.2) is 0 Å². The standard InChI is InChI=1S/C14H16BrNO/c1-9-4-6-12(8-13(9)15)16-11(3)14-7-5-10(2)17-14/h4-8,11,16H,1-3H3. The van der Waals surface area contributed by atoms with Gasteiger partial charge in [-0.3, -0.25) is 0 Å². The van der Waals surface area contributed by atoms with Gasteiger partial charge in [0.25, 0.3) is 0 Å². The predicted molar refractivity (Wildman–Crippen MR) is 74.4 cm³/mol. The van der Waals surface area contributed by atoms with Crippen molar-refractivity contribution in [1.82, 2.24) is 0 Å². The molecule has 0 aliphatic carbocycles. The van der Waals surface area contributed by atoms with Gasteiger partial charge in [0, 0.05) is 10.2 Å².